The Bertz CT molecular complexity index is 1500. The first kappa shape index (κ1) is 24.7. The van der Waals surface area contributed by atoms with Crippen LogP contribution >= 0.6 is 0 Å². The summed E-state index contributed by atoms with van der Waals surface area (Å²) in [5, 5.41) is 9.83. The molecule has 0 bridgehead atoms. The molecule has 0 N–H and O–H groups in total. The van der Waals surface area contributed by atoms with E-state index in [1.165, 1.54) is 12.1 Å². The summed E-state index contributed by atoms with van der Waals surface area (Å²) >= 11 is 0. The van der Waals surface area contributed by atoms with Crippen molar-refractivity contribution >= 4 is 16.9 Å². The summed E-state index contributed by atoms with van der Waals surface area (Å²) in [6.07, 6.45) is 0.293. The highest BCUT2D eigenvalue weighted by Crippen LogP contribution is 2.25. The van der Waals surface area contributed by atoms with Crippen LogP contribution in [0, 0.1) is 24.1 Å². The second-order valence-corrected chi connectivity index (χ2v) is 8.54. The van der Waals surface area contributed by atoms with E-state index in [9.17, 15) is 14.0 Å². The molecule has 0 atom stereocenters. The molecule has 0 unspecified atom stereocenters. The van der Waals surface area contributed by atoms with Gasteiger partial charge in [-0.3, -0.25) is 4.79 Å². The molecule has 0 saturated heterocycles. The molecule has 0 aliphatic carbocycles. The van der Waals surface area contributed by atoms with E-state index >= 15 is 0 Å². The van der Waals surface area contributed by atoms with Crippen LogP contribution in [0.1, 0.15) is 34.2 Å². The maximum absolute atomic E-state index is 13.8. The van der Waals surface area contributed by atoms with Gasteiger partial charge in [0, 0.05) is 36.5 Å². The van der Waals surface area contributed by atoms with Gasteiger partial charge in [-0.15, -0.1) is 0 Å². The number of hydrogen-bond donors (Lipinski definition) is 0. The van der Waals surface area contributed by atoms with Crippen LogP contribution in [0.25, 0.3) is 11.0 Å². The van der Waals surface area contributed by atoms with Gasteiger partial charge < -0.3 is 14.1 Å². The number of hydrogen-bond acceptors (Lipinski definition) is 5. The largest absolute Gasteiger partial charge is 0.497 e. The molecule has 0 fully saturated rings. The third-order valence-corrected chi connectivity index (χ3v) is 6.16. The molecule has 4 rings (SSSR count). The van der Waals surface area contributed by atoms with E-state index in [1.54, 1.807) is 60.5 Å². The summed E-state index contributed by atoms with van der Waals surface area (Å²) < 4.78 is 24.5. The van der Waals surface area contributed by atoms with Crippen LogP contribution in [0.5, 0.6) is 5.75 Å². The molecule has 182 valence electrons. The number of benzene rings is 3. The maximum atomic E-state index is 13.8. The van der Waals surface area contributed by atoms with Gasteiger partial charge in [-0.2, -0.15) is 5.26 Å². The average Bonchev–Trinajstić information content (AvgIpc) is 2.88. The number of carbonyl (C=O) groups excluding carboxylic acids is 1. The minimum Gasteiger partial charge on any atom is -0.497 e. The highest BCUT2D eigenvalue weighted by atomic mass is 19.1. The van der Waals surface area contributed by atoms with E-state index in [4.69, 9.17) is 14.4 Å². The molecule has 7 heteroatoms. The first-order valence-corrected chi connectivity index (χ1v) is 11.5. The zero-order valence-corrected chi connectivity index (χ0v) is 20.1. The highest BCUT2D eigenvalue weighted by Gasteiger charge is 2.18. The lowest BCUT2D eigenvalue weighted by molar-refractivity contribution is -0.132. The molecule has 0 aliphatic rings. The quantitative estimate of drug-likeness (QED) is 0.318. The summed E-state index contributed by atoms with van der Waals surface area (Å²) in [7, 11) is 1.54. The monoisotopic (exact) mass is 484 g/mol. The van der Waals surface area contributed by atoms with Gasteiger partial charge in [0.25, 0.3) is 0 Å². The molecule has 6 nitrogen and oxygen atoms in total. The first-order valence-electron chi connectivity index (χ1n) is 11.5. The maximum Gasteiger partial charge on any atom is 0.339 e. The number of rotatable bonds is 8. The van der Waals surface area contributed by atoms with Crippen LogP contribution in [0.2, 0.25) is 0 Å². The number of methoxy groups -OCH3 is 1. The molecular formula is C29H25FN2O4. The van der Waals surface area contributed by atoms with Gasteiger partial charge in [-0.1, -0.05) is 24.3 Å². The Hall–Kier alpha value is -4.44. The number of ether oxygens (including phenoxy) is 1. The fourth-order valence-corrected chi connectivity index (χ4v) is 4.17. The van der Waals surface area contributed by atoms with Crippen molar-refractivity contribution in [3.8, 4) is 11.8 Å². The lowest BCUT2D eigenvalue weighted by Crippen LogP contribution is -2.30. The van der Waals surface area contributed by atoms with E-state index in [2.05, 4.69) is 6.07 Å². The first-order chi connectivity index (χ1) is 17.4. The second-order valence-electron chi connectivity index (χ2n) is 8.54. The SMILES string of the molecule is COc1ccc2c(C)c(CCC(=O)N(Cc3ccc(C#N)cc3)Cc3cccc(F)c3)c(=O)oc2c1. The standard InChI is InChI=1S/C29H25FN2O4/c1-19-25-11-10-24(35-2)15-27(25)36-29(34)26(19)12-13-28(33)32(18-22-4-3-5-23(30)14-22)17-21-8-6-20(16-31)7-9-21/h3-11,14-15H,12-13,17-18H2,1-2H3. The molecule has 1 heterocycles. The van der Waals surface area contributed by atoms with E-state index in [-0.39, 0.29) is 37.7 Å². The summed E-state index contributed by atoms with van der Waals surface area (Å²) in [6, 6.07) is 20.5. The number of aryl methyl sites for hydroxylation is 1. The number of halogens is 1. The molecule has 0 saturated carbocycles. The molecule has 0 spiro atoms. The van der Waals surface area contributed by atoms with Crippen molar-refractivity contribution in [2.75, 3.05) is 7.11 Å². The summed E-state index contributed by atoms with van der Waals surface area (Å²) in [6.45, 7) is 2.33. The number of nitriles is 1. The Kier molecular flexibility index (Phi) is 7.45. The van der Waals surface area contributed by atoms with E-state index < -0.39 is 5.63 Å². The van der Waals surface area contributed by atoms with E-state index in [0.29, 0.717) is 28.0 Å². The van der Waals surface area contributed by atoms with Crippen molar-refractivity contribution < 1.29 is 18.3 Å². The molecule has 4 aromatic rings. The van der Waals surface area contributed by atoms with Gasteiger partial charge in [0.2, 0.25) is 5.91 Å². The zero-order valence-electron chi connectivity index (χ0n) is 20.1. The topological polar surface area (TPSA) is 83.5 Å². The number of fused-ring (bicyclic) bond motifs is 1. The van der Waals surface area contributed by atoms with E-state index in [1.807, 2.05) is 13.0 Å². The van der Waals surface area contributed by atoms with Gasteiger partial charge >= 0.3 is 5.63 Å². The Labute approximate surface area is 208 Å². The molecule has 1 amide bonds. The zero-order chi connectivity index (χ0) is 25.7. The third-order valence-electron chi connectivity index (χ3n) is 6.16. The van der Waals surface area contributed by atoms with Crippen molar-refractivity contribution in [1.29, 1.82) is 5.26 Å². The number of carbonyl (C=O) groups is 1. The minimum atomic E-state index is -0.482. The smallest absolute Gasteiger partial charge is 0.339 e. The van der Waals surface area contributed by atoms with Crippen LogP contribution in [0.3, 0.4) is 0 Å². The lowest BCUT2D eigenvalue weighted by Gasteiger charge is -2.23. The summed E-state index contributed by atoms with van der Waals surface area (Å²) in [4.78, 5) is 27.7. The number of nitrogens with zero attached hydrogens (tertiary/aromatic N) is 2. The Morgan fingerprint density at radius 1 is 1.06 bits per heavy atom. The molecule has 36 heavy (non-hydrogen) atoms. The molecule has 0 aliphatic heterocycles. The van der Waals surface area contributed by atoms with Gasteiger partial charge in [-0.05, 0) is 66.4 Å². The molecule has 0 radical (unpaired) electrons. The van der Waals surface area contributed by atoms with Crippen molar-refractivity contribution in [2.45, 2.75) is 32.9 Å². The third kappa shape index (κ3) is 5.61. The molecule has 1 aromatic heterocycles. The van der Waals surface area contributed by atoms with Crippen molar-refractivity contribution in [3.63, 3.8) is 0 Å². The minimum absolute atomic E-state index is 0.0822. The van der Waals surface area contributed by atoms with Gasteiger partial charge in [0.05, 0.1) is 18.7 Å². The molecule has 3 aromatic carbocycles. The van der Waals surface area contributed by atoms with Gasteiger partial charge in [0.1, 0.15) is 17.1 Å². The van der Waals surface area contributed by atoms with Crippen LogP contribution in [0.15, 0.2) is 75.9 Å². The Balaban J connectivity index is 1.57. The van der Waals surface area contributed by atoms with Gasteiger partial charge in [-0.25, -0.2) is 9.18 Å². The van der Waals surface area contributed by atoms with Crippen LogP contribution in [-0.2, 0) is 24.3 Å². The number of amides is 1. The predicted octanol–water partition coefficient (Wildman–Crippen LogP) is 5.28. The van der Waals surface area contributed by atoms with Crippen LogP contribution in [0.4, 0.5) is 4.39 Å². The van der Waals surface area contributed by atoms with Crippen LogP contribution < -0.4 is 10.4 Å². The van der Waals surface area contributed by atoms with E-state index in [0.717, 1.165) is 16.5 Å². The molecular weight excluding hydrogens is 459 g/mol. The highest BCUT2D eigenvalue weighted by molar-refractivity contribution is 5.83. The van der Waals surface area contributed by atoms with Crippen molar-refractivity contribution in [1.82, 2.24) is 4.90 Å². The fourth-order valence-electron chi connectivity index (χ4n) is 4.17. The lowest BCUT2D eigenvalue weighted by atomic mass is 10.0. The Morgan fingerprint density at radius 2 is 1.81 bits per heavy atom. The summed E-state index contributed by atoms with van der Waals surface area (Å²) in [5.41, 5.74) is 3.19. The normalized spacial score (nSPS) is 10.7. The second kappa shape index (κ2) is 10.9. The average molecular weight is 485 g/mol. The van der Waals surface area contributed by atoms with Crippen molar-refractivity contribution in [2.24, 2.45) is 0 Å². The summed E-state index contributed by atoms with van der Waals surface area (Å²) in [5.74, 6) is 0.0281. The van der Waals surface area contributed by atoms with Gasteiger partial charge in [0.15, 0.2) is 0 Å². The van der Waals surface area contributed by atoms with Crippen molar-refractivity contribution in [3.05, 3.63) is 111 Å². The van der Waals surface area contributed by atoms with Crippen LogP contribution in [-0.4, -0.2) is 17.9 Å². The fraction of sp³-hybridized carbons (Fsp3) is 0.207. The Morgan fingerprint density at radius 3 is 2.50 bits per heavy atom. The predicted molar refractivity (Wildman–Crippen MR) is 134 cm³/mol.